The third-order valence-electron chi connectivity index (χ3n) is 4.71. The van der Waals surface area contributed by atoms with Gasteiger partial charge in [-0.2, -0.15) is 0 Å². The lowest BCUT2D eigenvalue weighted by Crippen LogP contribution is -2.14. The summed E-state index contributed by atoms with van der Waals surface area (Å²) in [6.07, 6.45) is 5.40. The first kappa shape index (κ1) is 21.5. The van der Waals surface area contributed by atoms with Crippen LogP contribution in [-0.4, -0.2) is 22.0 Å². The molecule has 2 aromatic heterocycles. The molecule has 0 radical (unpaired) electrons. The molecule has 2 heterocycles. The van der Waals surface area contributed by atoms with E-state index in [0.717, 1.165) is 27.8 Å². The summed E-state index contributed by atoms with van der Waals surface area (Å²) in [6.45, 7) is 5.97. The Balaban J connectivity index is 1.61. The molecule has 0 aliphatic heterocycles. The molecule has 6 nitrogen and oxygen atoms in total. The van der Waals surface area contributed by atoms with Gasteiger partial charge in [0.05, 0.1) is 23.7 Å². The van der Waals surface area contributed by atoms with Gasteiger partial charge >= 0.3 is 0 Å². The SMILES string of the molecule is Cc1ccc(NC(=O)c2ccc(OC(C)C)cc2)cc1N(c1cccnc1)c1nccs1. The molecular weight excluding hydrogens is 420 g/mol. The molecule has 0 saturated carbocycles. The predicted octanol–water partition coefficient (Wildman–Crippen LogP) is 6.36. The number of nitrogens with one attached hydrogen (secondary N) is 1. The Morgan fingerprint density at radius 3 is 2.56 bits per heavy atom. The van der Waals surface area contributed by atoms with Gasteiger partial charge in [0.15, 0.2) is 5.13 Å². The molecule has 0 bridgehead atoms. The van der Waals surface area contributed by atoms with E-state index in [1.54, 1.807) is 30.7 Å². The van der Waals surface area contributed by atoms with Crippen molar-refractivity contribution in [3.63, 3.8) is 0 Å². The number of hydrogen-bond donors (Lipinski definition) is 1. The molecule has 4 rings (SSSR count). The lowest BCUT2D eigenvalue weighted by Gasteiger charge is -2.24. The number of carbonyl (C=O) groups is 1. The summed E-state index contributed by atoms with van der Waals surface area (Å²) < 4.78 is 5.65. The maximum atomic E-state index is 12.8. The maximum absolute atomic E-state index is 12.8. The molecule has 1 N–H and O–H groups in total. The number of hydrogen-bond acceptors (Lipinski definition) is 6. The molecule has 32 heavy (non-hydrogen) atoms. The van der Waals surface area contributed by atoms with Crippen LogP contribution >= 0.6 is 11.3 Å². The van der Waals surface area contributed by atoms with Crippen LogP contribution in [0.15, 0.2) is 78.6 Å². The van der Waals surface area contributed by atoms with Crippen LogP contribution in [-0.2, 0) is 0 Å². The second kappa shape index (κ2) is 9.62. The lowest BCUT2D eigenvalue weighted by atomic mass is 10.1. The highest BCUT2D eigenvalue weighted by Crippen LogP contribution is 2.38. The topological polar surface area (TPSA) is 67.3 Å². The Bertz CT molecular complexity index is 1180. The highest BCUT2D eigenvalue weighted by Gasteiger charge is 2.18. The van der Waals surface area contributed by atoms with Crippen molar-refractivity contribution in [2.45, 2.75) is 26.9 Å². The maximum Gasteiger partial charge on any atom is 0.255 e. The van der Waals surface area contributed by atoms with Crippen LogP contribution in [0.25, 0.3) is 0 Å². The average Bonchev–Trinajstić information content (AvgIpc) is 3.31. The molecule has 0 spiro atoms. The van der Waals surface area contributed by atoms with Gasteiger partial charge in [-0.3, -0.25) is 14.7 Å². The number of carbonyl (C=O) groups excluding carboxylic acids is 1. The largest absolute Gasteiger partial charge is 0.491 e. The number of nitrogens with zero attached hydrogens (tertiary/aromatic N) is 3. The Morgan fingerprint density at radius 1 is 1.09 bits per heavy atom. The van der Waals surface area contributed by atoms with E-state index in [1.807, 2.05) is 73.5 Å². The van der Waals surface area contributed by atoms with Crippen LogP contribution in [0.3, 0.4) is 0 Å². The van der Waals surface area contributed by atoms with Crippen molar-refractivity contribution in [2.75, 3.05) is 10.2 Å². The van der Waals surface area contributed by atoms with E-state index >= 15 is 0 Å². The summed E-state index contributed by atoms with van der Waals surface area (Å²) >= 11 is 1.54. The second-order valence-electron chi connectivity index (χ2n) is 7.51. The Labute approximate surface area is 191 Å². The Morgan fingerprint density at radius 2 is 1.91 bits per heavy atom. The van der Waals surface area contributed by atoms with Crippen LogP contribution in [0, 0.1) is 6.92 Å². The minimum atomic E-state index is -0.182. The zero-order valence-corrected chi connectivity index (χ0v) is 19.0. The summed E-state index contributed by atoms with van der Waals surface area (Å²) in [5.41, 5.74) is 4.13. The van der Waals surface area contributed by atoms with E-state index < -0.39 is 0 Å². The number of ether oxygens (including phenoxy) is 1. The standard InChI is InChI=1S/C25H24N4O2S/c1-17(2)31-22-10-7-19(8-11-22)24(30)28-20-9-6-18(3)23(15-20)29(25-27-13-14-32-25)21-5-4-12-26-16-21/h4-17H,1-3H3,(H,28,30). The number of aromatic nitrogens is 2. The van der Waals surface area contributed by atoms with Crippen molar-refractivity contribution in [1.82, 2.24) is 9.97 Å². The number of anilines is 4. The van der Waals surface area contributed by atoms with Crippen LogP contribution in [0.1, 0.15) is 29.8 Å². The van der Waals surface area contributed by atoms with Gasteiger partial charge in [-0.1, -0.05) is 6.07 Å². The summed E-state index contributed by atoms with van der Waals surface area (Å²) in [5.74, 6) is 0.558. The zero-order valence-electron chi connectivity index (χ0n) is 18.1. The van der Waals surface area contributed by atoms with E-state index in [9.17, 15) is 4.79 Å². The molecule has 2 aromatic carbocycles. The zero-order chi connectivity index (χ0) is 22.5. The van der Waals surface area contributed by atoms with Gasteiger partial charge in [-0.25, -0.2) is 4.98 Å². The predicted molar refractivity (Wildman–Crippen MR) is 129 cm³/mol. The van der Waals surface area contributed by atoms with Crippen LogP contribution in [0.2, 0.25) is 0 Å². The number of rotatable bonds is 7. The number of benzene rings is 2. The third kappa shape index (κ3) is 4.95. The summed E-state index contributed by atoms with van der Waals surface area (Å²) in [6, 6.07) is 16.9. The lowest BCUT2D eigenvalue weighted by molar-refractivity contribution is 0.102. The molecule has 0 atom stereocenters. The Hall–Kier alpha value is -3.71. The summed E-state index contributed by atoms with van der Waals surface area (Å²) in [5, 5.41) is 5.76. The first-order valence-corrected chi connectivity index (χ1v) is 11.2. The quantitative estimate of drug-likeness (QED) is 0.359. The number of amides is 1. The smallest absolute Gasteiger partial charge is 0.255 e. The van der Waals surface area contributed by atoms with Crippen molar-refractivity contribution in [3.05, 3.63) is 89.7 Å². The average molecular weight is 445 g/mol. The molecule has 7 heteroatoms. The Kier molecular flexibility index (Phi) is 6.47. The van der Waals surface area contributed by atoms with Gasteiger partial charge in [0, 0.05) is 29.0 Å². The fourth-order valence-electron chi connectivity index (χ4n) is 3.25. The number of thiazole rings is 1. The van der Waals surface area contributed by atoms with E-state index in [4.69, 9.17) is 4.74 Å². The minimum absolute atomic E-state index is 0.0845. The molecule has 162 valence electrons. The van der Waals surface area contributed by atoms with Crippen molar-refractivity contribution in [3.8, 4) is 5.75 Å². The molecule has 4 aromatic rings. The number of aryl methyl sites for hydroxylation is 1. The highest BCUT2D eigenvalue weighted by atomic mass is 32.1. The van der Waals surface area contributed by atoms with Gasteiger partial charge in [0.1, 0.15) is 5.75 Å². The first-order chi connectivity index (χ1) is 15.5. The van der Waals surface area contributed by atoms with Crippen LogP contribution in [0.5, 0.6) is 5.75 Å². The van der Waals surface area contributed by atoms with Gasteiger partial charge in [0.25, 0.3) is 5.91 Å². The molecule has 0 aliphatic carbocycles. The van der Waals surface area contributed by atoms with Crippen molar-refractivity contribution in [2.24, 2.45) is 0 Å². The normalized spacial score (nSPS) is 10.8. The van der Waals surface area contributed by atoms with Crippen molar-refractivity contribution < 1.29 is 9.53 Å². The second-order valence-corrected chi connectivity index (χ2v) is 8.38. The minimum Gasteiger partial charge on any atom is -0.491 e. The fraction of sp³-hybridized carbons (Fsp3) is 0.160. The summed E-state index contributed by atoms with van der Waals surface area (Å²) in [4.78, 5) is 23.6. The summed E-state index contributed by atoms with van der Waals surface area (Å²) in [7, 11) is 0. The molecule has 0 aliphatic rings. The van der Waals surface area contributed by atoms with Crippen molar-refractivity contribution >= 4 is 39.4 Å². The van der Waals surface area contributed by atoms with E-state index in [1.165, 1.54) is 11.3 Å². The molecule has 0 unspecified atom stereocenters. The van der Waals surface area contributed by atoms with Gasteiger partial charge in [-0.15, -0.1) is 11.3 Å². The van der Waals surface area contributed by atoms with Crippen molar-refractivity contribution in [1.29, 1.82) is 0 Å². The molecule has 0 saturated heterocycles. The van der Waals surface area contributed by atoms with E-state index in [0.29, 0.717) is 11.3 Å². The molecular formula is C25H24N4O2S. The first-order valence-electron chi connectivity index (χ1n) is 10.3. The monoisotopic (exact) mass is 444 g/mol. The third-order valence-corrected chi connectivity index (χ3v) is 5.47. The highest BCUT2D eigenvalue weighted by molar-refractivity contribution is 7.13. The molecule has 0 fully saturated rings. The van der Waals surface area contributed by atoms with E-state index in [2.05, 4.69) is 15.3 Å². The van der Waals surface area contributed by atoms with E-state index in [-0.39, 0.29) is 12.0 Å². The van der Waals surface area contributed by atoms with Gasteiger partial charge in [0.2, 0.25) is 0 Å². The van der Waals surface area contributed by atoms with Gasteiger partial charge < -0.3 is 10.1 Å². The van der Waals surface area contributed by atoms with Crippen LogP contribution < -0.4 is 15.0 Å². The van der Waals surface area contributed by atoms with Crippen LogP contribution in [0.4, 0.5) is 22.2 Å². The molecule has 1 amide bonds. The fourth-order valence-corrected chi connectivity index (χ4v) is 3.93. The number of pyridine rings is 1. The van der Waals surface area contributed by atoms with Gasteiger partial charge in [-0.05, 0) is 74.9 Å².